The van der Waals surface area contributed by atoms with Gasteiger partial charge in [-0.2, -0.15) is 0 Å². The maximum absolute atomic E-state index is 8.96. The highest BCUT2D eigenvalue weighted by molar-refractivity contribution is 4.76. The fourth-order valence-corrected chi connectivity index (χ4v) is 2.30. The average Bonchev–Trinajstić information content (AvgIpc) is 2.43. The molecule has 2 N–H and O–H groups in total. The summed E-state index contributed by atoms with van der Waals surface area (Å²) in [7, 11) is 0. The zero-order valence-corrected chi connectivity index (χ0v) is 10.4. The van der Waals surface area contributed by atoms with E-state index in [1.54, 1.807) is 0 Å². The van der Waals surface area contributed by atoms with Crippen LogP contribution in [-0.4, -0.2) is 24.3 Å². The highest BCUT2D eigenvalue weighted by Gasteiger charge is 2.19. The predicted octanol–water partition coefficient (Wildman–Crippen LogP) is 2.71. The molecule has 2 nitrogen and oxygen atoms in total. The van der Waals surface area contributed by atoms with E-state index in [2.05, 4.69) is 19.2 Å². The molecular formula is C13H27NO. The van der Waals surface area contributed by atoms with Gasteiger partial charge in [0.2, 0.25) is 0 Å². The maximum Gasteiger partial charge on any atom is 0.0436 e. The van der Waals surface area contributed by atoms with Crippen molar-refractivity contribution in [3.05, 3.63) is 0 Å². The molecule has 0 aromatic carbocycles. The molecule has 0 spiro atoms. The lowest BCUT2D eigenvalue weighted by Gasteiger charge is -2.27. The predicted molar refractivity (Wildman–Crippen MR) is 65.0 cm³/mol. The van der Waals surface area contributed by atoms with Crippen molar-refractivity contribution >= 4 is 0 Å². The van der Waals surface area contributed by atoms with Crippen LogP contribution >= 0.6 is 0 Å². The average molecular weight is 213 g/mol. The van der Waals surface area contributed by atoms with Gasteiger partial charge in [0.15, 0.2) is 0 Å². The van der Waals surface area contributed by atoms with Gasteiger partial charge in [-0.1, -0.05) is 39.5 Å². The summed E-state index contributed by atoms with van der Waals surface area (Å²) >= 11 is 0. The smallest absolute Gasteiger partial charge is 0.0436 e. The van der Waals surface area contributed by atoms with Crippen molar-refractivity contribution in [2.45, 2.75) is 64.8 Å². The summed E-state index contributed by atoms with van der Waals surface area (Å²) in [4.78, 5) is 0. The zero-order chi connectivity index (χ0) is 11.1. The maximum atomic E-state index is 8.96. The molecule has 90 valence electrons. The molecule has 2 heteroatoms. The first-order valence-corrected chi connectivity index (χ1v) is 6.48. The van der Waals surface area contributed by atoms with Crippen LogP contribution in [0, 0.1) is 5.41 Å². The molecule has 0 bridgehead atoms. The number of aliphatic hydroxyl groups is 1. The van der Waals surface area contributed by atoms with E-state index >= 15 is 0 Å². The molecule has 15 heavy (non-hydrogen) atoms. The summed E-state index contributed by atoms with van der Waals surface area (Å²) in [6.45, 7) is 5.80. The molecule has 1 aliphatic carbocycles. The van der Waals surface area contributed by atoms with Crippen molar-refractivity contribution in [2.24, 2.45) is 5.41 Å². The zero-order valence-electron chi connectivity index (χ0n) is 10.4. The first-order valence-electron chi connectivity index (χ1n) is 6.48. The Kier molecular flexibility index (Phi) is 5.62. The van der Waals surface area contributed by atoms with E-state index in [0.29, 0.717) is 6.61 Å². The van der Waals surface area contributed by atoms with Crippen molar-refractivity contribution < 1.29 is 5.11 Å². The van der Waals surface area contributed by atoms with E-state index in [9.17, 15) is 0 Å². The summed E-state index contributed by atoms with van der Waals surface area (Å²) in [5.41, 5.74) is 0.237. The molecule has 0 heterocycles. The van der Waals surface area contributed by atoms with Gasteiger partial charge in [-0.15, -0.1) is 0 Å². The van der Waals surface area contributed by atoms with E-state index in [1.807, 2.05) is 0 Å². The van der Waals surface area contributed by atoms with Gasteiger partial charge in [0.05, 0.1) is 0 Å². The number of rotatable bonds is 5. The van der Waals surface area contributed by atoms with Crippen LogP contribution in [0.1, 0.15) is 58.8 Å². The fraction of sp³-hybridized carbons (Fsp3) is 1.00. The summed E-state index contributed by atoms with van der Waals surface area (Å²) in [5.74, 6) is 0. The van der Waals surface area contributed by atoms with Crippen LogP contribution in [0.3, 0.4) is 0 Å². The SMILES string of the molecule is CC(C)(CCO)CNC1CCCCCC1. The van der Waals surface area contributed by atoms with Crippen molar-refractivity contribution in [3.8, 4) is 0 Å². The molecule has 0 atom stereocenters. The van der Waals surface area contributed by atoms with Gasteiger partial charge in [0.1, 0.15) is 0 Å². The van der Waals surface area contributed by atoms with Gasteiger partial charge in [-0.3, -0.25) is 0 Å². The number of aliphatic hydroxyl groups excluding tert-OH is 1. The van der Waals surface area contributed by atoms with Crippen LogP contribution in [-0.2, 0) is 0 Å². The van der Waals surface area contributed by atoms with E-state index in [0.717, 1.165) is 19.0 Å². The minimum absolute atomic E-state index is 0.237. The number of hydrogen-bond donors (Lipinski definition) is 2. The summed E-state index contributed by atoms with van der Waals surface area (Å²) in [6.07, 6.45) is 9.18. The Labute approximate surface area is 94.5 Å². The van der Waals surface area contributed by atoms with Gasteiger partial charge < -0.3 is 10.4 Å². The Morgan fingerprint density at radius 1 is 1.13 bits per heavy atom. The standard InChI is InChI=1S/C13H27NO/c1-13(2,9-10-15)11-14-12-7-5-3-4-6-8-12/h12,14-15H,3-11H2,1-2H3. The third-order valence-corrected chi connectivity index (χ3v) is 3.51. The largest absolute Gasteiger partial charge is 0.396 e. The van der Waals surface area contributed by atoms with Crippen LogP contribution in [0.25, 0.3) is 0 Å². The lowest BCUT2D eigenvalue weighted by molar-refractivity contribution is 0.201. The molecule has 1 aliphatic rings. The molecule has 0 aromatic heterocycles. The lowest BCUT2D eigenvalue weighted by Crippen LogP contribution is -2.37. The van der Waals surface area contributed by atoms with Crippen LogP contribution in [0.5, 0.6) is 0 Å². The van der Waals surface area contributed by atoms with Crippen molar-refractivity contribution in [1.82, 2.24) is 5.32 Å². The quantitative estimate of drug-likeness (QED) is 0.688. The summed E-state index contributed by atoms with van der Waals surface area (Å²) in [5, 5.41) is 12.6. The minimum Gasteiger partial charge on any atom is -0.396 e. The van der Waals surface area contributed by atoms with Crippen LogP contribution in [0.2, 0.25) is 0 Å². The molecular weight excluding hydrogens is 186 g/mol. The Bertz CT molecular complexity index is 160. The first-order chi connectivity index (χ1) is 7.14. The second-order valence-electron chi connectivity index (χ2n) is 5.71. The molecule has 1 fully saturated rings. The van der Waals surface area contributed by atoms with Crippen LogP contribution in [0.15, 0.2) is 0 Å². The Hall–Kier alpha value is -0.0800. The monoisotopic (exact) mass is 213 g/mol. The Morgan fingerprint density at radius 2 is 1.73 bits per heavy atom. The highest BCUT2D eigenvalue weighted by atomic mass is 16.3. The Morgan fingerprint density at radius 3 is 2.27 bits per heavy atom. The molecule has 0 aromatic rings. The molecule has 0 amide bonds. The van der Waals surface area contributed by atoms with Gasteiger partial charge in [-0.05, 0) is 24.7 Å². The molecule has 1 rings (SSSR count). The van der Waals surface area contributed by atoms with Crippen LogP contribution < -0.4 is 5.32 Å². The molecule has 0 saturated heterocycles. The second kappa shape index (κ2) is 6.49. The Balaban J connectivity index is 2.22. The highest BCUT2D eigenvalue weighted by Crippen LogP contribution is 2.21. The molecule has 0 radical (unpaired) electrons. The number of nitrogens with one attached hydrogen (secondary N) is 1. The van der Waals surface area contributed by atoms with E-state index in [-0.39, 0.29) is 5.41 Å². The molecule has 0 aliphatic heterocycles. The second-order valence-corrected chi connectivity index (χ2v) is 5.71. The normalized spacial score (nSPS) is 20.2. The van der Waals surface area contributed by atoms with Gasteiger partial charge >= 0.3 is 0 Å². The van der Waals surface area contributed by atoms with E-state index in [4.69, 9.17) is 5.11 Å². The lowest BCUT2D eigenvalue weighted by atomic mass is 9.89. The van der Waals surface area contributed by atoms with Crippen LogP contribution in [0.4, 0.5) is 0 Å². The van der Waals surface area contributed by atoms with Gasteiger partial charge in [0, 0.05) is 19.2 Å². The number of hydrogen-bond acceptors (Lipinski definition) is 2. The van der Waals surface area contributed by atoms with Gasteiger partial charge in [0.25, 0.3) is 0 Å². The summed E-state index contributed by atoms with van der Waals surface area (Å²) in [6, 6.07) is 0.727. The van der Waals surface area contributed by atoms with Crippen molar-refractivity contribution in [1.29, 1.82) is 0 Å². The third kappa shape index (κ3) is 5.53. The van der Waals surface area contributed by atoms with Gasteiger partial charge in [-0.25, -0.2) is 0 Å². The van der Waals surface area contributed by atoms with E-state index in [1.165, 1.54) is 38.5 Å². The minimum atomic E-state index is 0.237. The first kappa shape index (κ1) is 13.0. The molecule has 0 unspecified atom stereocenters. The van der Waals surface area contributed by atoms with E-state index < -0.39 is 0 Å². The topological polar surface area (TPSA) is 32.3 Å². The third-order valence-electron chi connectivity index (χ3n) is 3.51. The van der Waals surface area contributed by atoms with Crippen molar-refractivity contribution in [3.63, 3.8) is 0 Å². The fourth-order valence-electron chi connectivity index (χ4n) is 2.30. The summed E-state index contributed by atoms with van der Waals surface area (Å²) < 4.78 is 0. The molecule has 1 saturated carbocycles. The van der Waals surface area contributed by atoms with Crippen molar-refractivity contribution in [2.75, 3.05) is 13.2 Å².